The zero-order valence-electron chi connectivity index (χ0n) is 12.2. The lowest BCUT2D eigenvalue weighted by Crippen LogP contribution is -2.36. The molecule has 3 rings (SSSR count). The Balaban J connectivity index is 1.83. The molecule has 0 radical (unpaired) electrons. The van der Waals surface area contributed by atoms with E-state index >= 15 is 0 Å². The molecule has 1 heterocycles. The van der Waals surface area contributed by atoms with Crippen molar-refractivity contribution in [2.24, 2.45) is 0 Å². The summed E-state index contributed by atoms with van der Waals surface area (Å²) in [6.45, 7) is 2.07. The van der Waals surface area contributed by atoms with Crippen LogP contribution in [-0.4, -0.2) is 18.1 Å². The average molecular weight is 286 g/mol. The predicted molar refractivity (Wildman–Crippen MR) is 85.5 cm³/mol. The fourth-order valence-corrected chi connectivity index (χ4v) is 4.17. The molecule has 3 heteroatoms. The van der Waals surface area contributed by atoms with Crippen LogP contribution in [0, 0.1) is 6.92 Å². The number of thiazole rings is 1. The number of nitrogens with zero attached hydrogens (tertiary/aromatic N) is 1. The Morgan fingerprint density at radius 2 is 2.25 bits per heavy atom. The second kappa shape index (κ2) is 6.06. The molecule has 1 N–H and O–H groups in total. The topological polar surface area (TPSA) is 24.9 Å². The number of hydrogen-bond donors (Lipinski definition) is 1. The van der Waals surface area contributed by atoms with Crippen LogP contribution in [0.5, 0.6) is 0 Å². The first-order valence-electron chi connectivity index (χ1n) is 7.44. The number of aryl methyl sites for hydroxylation is 2. The summed E-state index contributed by atoms with van der Waals surface area (Å²) in [6, 6.07) is 9.44. The minimum atomic E-state index is 0.488. The molecule has 20 heavy (non-hydrogen) atoms. The lowest BCUT2D eigenvalue weighted by Gasteiger charge is -2.32. The molecule has 0 fully saturated rings. The highest BCUT2D eigenvalue weighted by Crippen LogP contribution is 2.35. The summed E-state index contributed by atoms with van der Waals surface area (Å²) in [5, 5.41) is 6.94. The standard InChI is InChI=1S/C17H22N2S/c1-12-11-20-17(19-12)10-16(18-2)15-9-5-7-13-6-3-4-8-14(13)15/h3-4,6,8,11,15-16,18H,5,7,9-10H2,1-2H3. The minimum absolute atomic E-state index is 0.488. The predicted octanol–water partition coefficient (Wildman–Crippen LogP) is 3.70. The van der Waals surface area contributed by atoms with Gasteiger partial charge in [-0.3, -0.25) is 0 Å². The number of aromatic nitrogens is 1. The summed E-state index contributed by atoms with van der Waals surface area (Å²) < 4.78 is 0. The first-order chi connectivity index (χ1) is 9.78. The second-order valence-electron chi connectivity index (χ2n) is 5.68. The number of hydrogen-bond acceptors (Lipinski definition) is 3. The van der Waals surface area contributed by atoms with E-state index in [1.54, 1.807) is 22.5 Å². The molecule has 1 aliphatic rings. The van der Waals surface area contributed by atoms with E-state index in [1.165, 1.54) is 24.3 Å². The highest BCUT2D eigenvalue weighted by Gasteiger charge is 2.27. The van der Waals surface area contributed by atoms with Crippen molar-refractivity contribution >= 4 is 11.3 Å². The second-order valence-corrected chi connectivity index (χ2v) is 6.62. The van der Waals surface area contributed by atoms with E-state index in [9.17, 15) is 0 Å². The number of rotatable bonds is 4. The Labute approximate surface area is 125 Å². The van der Waals surface area contributed by atoms with E-state index in [0.717, 1.165) is 12.1 Å². The van der Waals surface area contributed by atoms with Crippen LogP contribution < -0.4 is 5.32 Å². The number of likely N-dealkylation sites (N-methyl/N-ethyl adjacent to an activating group) is 1. The molecule has 0 saturated heterocycles. The van der Waals surface area contributed by atoms with Crippen LogP contribution in [0.4, 0.5) is 0 Å². The van der Waals surface area contributed by atoms with Gasteiger partial charge in [-0.1, -0.05) is 24.3 Å². The van der Waals surface area contributed by atoms with Crippen molar-refractivity contribution < 1.29 is 0 Å². The lowest BCUT2D eigenvalue weighted by atomic mass is 9.78. The van der Waals surface area contributed by atoms with Crippen molar-refractivity contribution in [3.05, 3.63) is 51.5 Å². The Hall–Kier alpha value is -1.19. The van der Waals surface area contributed by atoms with Crippen LogP contribution in [0.2, 0.25) is 0 Å². The van der Waals surface area contributed by atoms with Gasteiger partial charge < -0.3 is 5.32 Å². The SMILES string of the molecule is CNC(Cc1nc(C)cs1)C1CCCc2ccccc21. The van der Waals surface area contributed by atoms with E-state index in [1.807, 2.05) is 0 Å². The summed E-state index contributed by atoms with van der Waals surface area (Å²) >= 11 is 1.79. The molecular formula is C17H22N2S. The highest BCUT2D eigenvalue weighted by atomic mass is 32.1. The van der Waals surface area contributed by atoms with Crippen molar-refractivity contribution in [3.63, 3.8) is 0 Å². The minimum Gasteiger partial charge on any atom is -0.316 e. The van der Waals surface area contributed by atoms with Gasteiger partial charge in [0.2, 0.25) is 0 Å². The van der Waals surface area contributed by atoms with Gasteiger partial charge in [-0.25, -0.2) is 4.98 Å². The molecule has 1 aromatic carbocycles. The lowest BCUT2D eigenvalue weighted by molar-refractivity contribution is 0.410. The molecular weight excluding hydrogens is 264 g/mol. The van der Waals surface area contributed by atoms with Gasteiger partial charge in [0.25, 0.3) is 0 Å². The quantitative estimate of drug-likeness (QED) is 0.927. The fraction of sp³-hybridized carbons (Fsp3) is 0.471. The van der Waals surface area contributed by atoms with Gasteiger partial charge in [0.05, 0.1) is 5.01 Å². The zero-order valence-corrected chi connectivity index (χ0v) is 13.0. The van der Waals surface area contributed by atoms with E-state index in [4.69, 9.17) is 0 Å². The molecule has 106 valence electrons. The van der Waals surface area contributed by atoms with Crippen molar-refractivity contribution in [1.29, 1.82) is 0 Å². The van der Waals surface area contributed by atoms with Crippen molar-refractivity contribution in [1.82, 2.24) is 10.3 Å². The third-order valence-corrected chi connectivity index (χ3v) is 5.32. The molecule has 0 saturated carbocycles. The van der Waals surface area contributed by atoms with Gasteiger partial charge in [0.15, 0.2) is 0 Å². The molecule has 1 aliphatic carbocycles. The van der Waals surface area contributed by atoms with Gasteiger partial charge in [0.1, 0.15) is 0 Å². The van der Waals surface area contributed by atoms with Crippen LogP contribution in [0.25, 0.3) is 0 Å². The molecule has 0 bridgehead atoms. The van der Waals surface area contributed by atoms with Crippen LogP contribution in [0.3, 0.4) is 0 Å². The maximum atomic E-state index is 4.63. The normalized spacial score (nSPS) is 19.6. The van der Waals surface area contributed by atoms with E-state index in [-0.39, 0.29) is 0 Å². The molecule has 2 aromatic rings. The van der Waals surface area contributed by atoms with Gasteiger partial charge in [-0.2, -0.15) is 0 Å². The largest absolute Gasteiger partial charge is 0.316 e. The van der Waals surface area contributed by atoms with Crippen molar-refractivity contribution in [3.8, 4) is 0 Å². The fourth-order valence-electron chi connectivity index (χ4n) is 3.34. The average Bonchev–Trinajstić information content (AvgIpc) is 2.89. The Bertz CT molecular complexity index is 576. The van der Waals surface area contributed by atoms with Gasteiger partial charge in [0, 0.05) is 23.5 Å². The number of fused-ring (bicyclic) bond motifs is 1. The molecule has 0 aliphatic heterocycles. The monoisotopic (exact) mass is 286 g/mol. The van der Waals surface area contributed by atoms with Crippen LogP contribution in [-0.2, 0) is 12.8 Å². The highest BCUT2D eigenvalue weighted by molar-refractivity contribution is 7.09. The summed E-state index contributed by atoms with van der Waals surface area (Å²) in [5.41, 5.74) is 4.23. The van der Waals surface area contributed by atoms with Crippen molar-refractivity contribution in [2.45, 2.75) is 44.6 Å². The van der Waals surface area contributed by atoms with Gasteiger partial charge in [-0.05, 0) is 50.3 Å². The maximum absolute atomic E-state index is 4.63. The Morgan fingerprint density at radius 1 is 1.40 bits per heavy atom. The smallest absolute Gasteiger partial charge is 0.0943 e. The third-order valence-electron chi connectivity index (χ3n) is 4.33. The van der Waals surface area contributed by atoms with Crippen LogP contribution >= 0.6 is 11.3 Å². The molecule has 0 amide bonds. The Kier molecular flexibility index (Phi) is 4.18. The summed E-state index contributed by atoms with van der Waals surface area (Å²) in [4.78, 5) is 4.63. The summed E-state index contributed by atoms with van der Waals surface area (Å²) in [5.74, 6) is 0.620. The van der Waals surface area contributed by atoms with Crippen LogP contribution in [0.15, 0.2) is 29.6 Å². The number of nitrogens with one attached hydrogen (secondary N) is 1. The number of benzene rings is 1. The summed E-state index contributed by atoms with van der Waals surface area (Å²) in [7, 11) is 2.09. The molecule has 1 aromatic heterocycles. The molecule has 2 nitrogen and oxygen atoms in total. The molecule has 2 atom stereocenters. The first kappa shape index (κ1) is 13.8. The molecule has 2 unspecified atom stereocenters. The summed E-state index contributed by atoms with van der Waals surface area (Å²) in [6.07, 6.45) is 4.86. The van der Waals surface area contributed by atoms with E-state index < -0.39 is 0 Å². The third kappa shape index (κ3) is 2.79. The van der Waals surface area contributed by atoms with E-state index in [2.05, 4.69) is 53.9 Å². The maximum Gasteiger partial charge on any atom is 0.0943 e. The van der Waals surface area contributed by atoms with Gasteiger partial charge in [-0.15, -0.1) is 11.3 Å². The van der Waals surface area contributed by atoms with E-state index in [0.29, 0.717) is 12.0 Å². The zero-order chi connectivity index (χ0) is 13.9. The first-order valence-corrected chi connectivity index (χ1v) is 8.32. The molecule has 0 spiro atoms. The Morgan fingerprint density at radius 3 is 3.00 bits per heavy atom. The van der Waals surface area contributed by atoms with Crippen LogP contribution in [0.1, 0.15) is 40.6 Å². The van der Waals surface area contributed by atoms with Crippen molar-refractivity contribution in [2.75, 3.05) is 7.05 Å². The van der Waals surface area contributed by atoms with Gasteiger partial charge >= 0.3 is 0 Å².